The minimum absolute atomic E-state index is 0.275. The highest BCUT2D eigenvalue weighted by atomic mass is 28.3. The minimum atomic E-state index is -1.86. The van der Waals surface area contributed by atoms with Crippen molar-refractivity contribution in [3.8, 4) is 0 Å². The summed E-state index contributed by atoms with van der Waals surface area (Å²) in [7, 11) is -2.14. The minimum Gasteiger partial charge on any atom is -0.400 e. The summed E-state index contributed by atoms with van der Waals surface area (Å²) in [5, 5.41) is 1.50. The molecule has 0 aromatic heterocycles. The third kappa shape index (κ3) is 5.47. The van der Waals surface area contributed by atoms with Gasteiger partial charge in [0.15, 0.2) is 0 Å². The van der Waals surface area contributed by atoms with Gasteiger partial charge < -0.3 is 9.31 Å². The van der Waals surface area contributed by atoms with E-state index in [1.54, 1.807) is 0 Å². The maximum absolute atomic E-state index is 6.62. The van der Waals surface area contributed by atoms with Crippen LogP contribution in [0.2, 0.25) is 18.6 Å². The standard InChI is InChI=1S/C28H41BO2Si/c1-8-9-20-25(29-30-27(2,3)28(4,5)31-29)26(22-21-23-16-12-10-13-17-23)32(6,7)24-18-14-11-15-19-24/h10-20,26H,8-9,21-22H2,1-7H3/b25-20-. The lowest BCUT2D eigenvalue weighted by molar-refractivity contribution is 0.00578. The Labute approximate surface area is 197 Å². The Morgan fingerprint density at radius 1 is 0.906 bits per heavy atom. The third-order valence-electron chi connectivity index (χ3n) is 7.55. The highest BCUT2D eigenvalue weighted by Gasteiger charge is 2.54. The fourth-order valence-electron chi connectivity index (χ4n) is 4.66. The van der Waals surface area contributed by atoms with Gasteiger partial charge in [0.05, 0.1) is 19.3 Å². The number of unbranched alkanes of at least 4 members (excludes halogenated alkanes) is 1. The fraction of sp³-hybridized carbons (Fsp3) is 0.500. The summed E-state index contributed by atoms with van der Waals surface area (Å²) < 4.78 is 13.2. The lowest BCUT2D eigenvalue weighted by atomic mass is 9.74. The molecule has 172 valence electrons. The molecule has 0 spiro atoms. The van der Waals surface area contributed by atoms with Crippen LogP contribution in [0, 0.1) is 0 Å². The van der Waals surface area contributed by atoms with E-state index in [4.69, 9.17) is 9.31 Å². The zero-order chi connectivity index (χ0) is 23.4. The van der Waals surface area contributed by atoms with E-state index in [0.717, 1.165) is 25.7 Å². The van der Waals surface area contributed by atoms with E-state index in [9.17, 15) is 0 Å². The zero-order valence-electron chi connectivity index (χ0n) is 21.2. The molecule has 4 heteroatoms. The van der Waals surface area contributed by atoms with Crippen molar-refractivity contribution in [1.82, 2.24) is 0 Å². The molecular formula is C28H41BO2Si. The number of allylic oxidation sites excluding steroid dienone is 2. The summed E-state index contributed by atoms with van der Waals surface area (Å²) in [5.41, 5.74) is 2.55. The van der Waals surface area contributed by atoms with Crippen LogP contribution in [0.4, 0.5) is 0 Å². The molecular weight excluding hydrogens is 407 g/mol. The average Bonchev–Trinajstić information content (AvgIpc) is 2.98. The number of aryl methyl sites for hydroxylation is 1. The number of hydrogen-bond donors (Lipinski definition) is 0. The molecule has 0 bridgehead atoms. The Balaban J connectivity index is 2.01. The van der Waals surface area contributed by atoms with Crippen LogP contribution in [0.3, 0.4) is 0 Å². The second-order valence-corrected chi connectivity index (χ2v) is 15.5. The molecule has 0 aliphatic carbocycles. The van der Waals surface area contributed by atoms with E-state index in [-0.39, 0.29) is 18.3 Å². The molecule has 0 amide bonds. The maximum Gasteiger partial charge on any atom is 0.490 e. The average molecular weight is 449 g/mol. The highest BCUT2D eigenvalue weighted by Crippen LogP contribution is 2.44. The first-order valence-corrected chi connectivity index (χ1v) is 15.3. The monoisotopic (exact) mass is 448 g/mol. The van der Waals surface area contributed by atoms with E-state index in [1.165, 1.54) is 16.2 Å². The van der Waals surface area contributed by atoms with Gasteiger partial charge in [-0.3, -0.25) is 0 Å². The second kappa shape index (κ2) is 10.1. The Morgan fingerprint density at radius 2 is 1.44 bits per heavy atom. The predicted octanol–water partition coefficient (Wildman–Crippen LogP) is 6.96. The first kappa shape index (κ1) is 25.0. The normalized spacial score (nSPS) is 19.2. The zero-order valence-corrected chi connectivity index (χ0v) is 22.2. The molecule has 0 saturated carbocycles. The quantitative estimate of drug-likeness (QED) is 0.386. The smallest absolute Gasteiger partial charge is 0.400 e. The largest absolute Gasteiger partial charge is 0.490 e. The summed E-state index contributed by atoms with van der Waals surface area (Å²) >= 11 is 0. The Hall–Kier alpha value is -1.62. The van der Waals surface area contributed by atoms with E-state index in [2.05, 4.69) is 114 Å². The summed E-state index contributed by atoms with van der Waals surface area (Å²) in [6, 6.07) is 22.0. The van der Waals surface area contributed by atoms with Crippen molar-refractivity contribution in [2.75, 3.05) is 0 Å². The van der Waals surface area contributed by atoms with E-state index in [0.29, 0.717) is 5.54 Å². The van der Waals surface area contributed by atoms with Crippen molar-refractivity contribution in [1.29, 1.82) is 0 Å². The molecule has 1 aliphatic rings. The van der Waals surface area contributed by atoms with Gasteiger partial charge in [0.25, 0.3) is 0 Å². The highest BCUT2D eigenvalue weighted by molar-refractivity contribution is 6.92. The third-order valence-corrected chi connectivity index (χ3v) is 11.7. The fourth-order valence-corrected chi connectivity index (χ4v) is 8.07. The van der Waals surface area contributed by atoms with E-state index in [1.807, 2.05) is 0 Å². The van der Waals surface area contributed by atoms with Gasteiger partial charge in [-0.05, 0) is 63.5 Å². The van der Waals surface area contributed by atoms with Gasteiger partial charge in [0.1, 0.15) is 0 Å². The molecule has 2 aromatic carbocycles. The number of benzene rings is 2. The molecule has 1 saturated heterocycles. The van der Waals surface area contributed by atoms with Crippen molar-refractivity contribution in [2.45, 2.75) is 90.1 Å². The van der Waals surface area contributed by atoms with Gasteiger partial charge >= 0.3 is 7.12 Å². The topological polar surface area (TPSA) is 18.5 Å². The van der Waals surface area contributed by atoms with Crippen LogP contribution in [-0.4, -0.2) is 26.4 Å². The van der Waals surface area contributed by atoms with Gasteiger partial charge in [-0.1, -0.05) is 98.4 Å². The van der Waals surface area contributed by atoms with Gasteiger partial charge in [-0.15, -0.1) is 0 Å². The van der Waals surface area contributed by atoms with Crippen LogP contribution >= 0.6 is 0 Å². The van der Waals surface area contributed by atoms with Gasteiger partial charge in [0, 0.05) is 0 Å². The second-order valence-electron chi connectivity index (χ2n) is 10.7. The van der Waals surface area contributed by atoms with Crippen LogP contribution < -0.4 is 5.19 Å². The van der Waals surface area contributed by atoms with Crippen LogP contribution in [0.25, 0.3) is 0 Å². The molecule has 3 rings (SSSR count). The van der Waals surface area contributed by atoms with Crippen molar-refractivity contribution < 1.29 is 9.31 Å². The lowest BCUT2D eigenvalue weighted by Crippen LogP contribution is -2.49. The number of rotatable bonds is 9. The van der Waals surface area contributed by atoms with Crippen molar-refractivity contribution in [2.24, 2.45) is 0 Å². The van der Waals surface area contributed by atoms with Crippen molar-refractivity contribution in [3.63, 3.8) is 0 Å². The molecule has 1 atom stereocenters. The molecule has 1 heterocycles. The van der Waals surface area contributed by atoms with E-state index >= 15 is 0 Å². The molecule has 2 nitrogen and oxygen atoms in total. The molecule has 1 aliphatic heterocycles. The summed E-state index contributed by atoms with van der Waals surface area (Å²) in [6.07, 6.45) is 6.80. The summed E-state index contributed by atoms with van der Waals surface area (Å²) in [6.45, 7) is 15.9. The Bertz CT molecular complexity index is 874. The SMILES string of the molecule is CCC/C=C(\B1OC(C)(C)C(C)(C)O1)C(CCc1ccccc1)[Si](C)(C)c1ccccc1. The van der Waals surface area contributed by atoms with Gasteiger partial charge in [-0.25, -0.2) is 0 Å². The lowest BCUT2D eigenvalue weighted by Gasteiger charge is -2.36. The molecule has 0 radical (unpaired) electrons. The summed E-state index contributed by atoms with van der Waals surface area (Å²) in [4.78, 5) is 0. The van der Waals surface area contributed by atoms with Crippen molar-refractivity contribution in [3.05, 3.63) is 77.8 Å². The molecule has 32 heavy (non-hydrogen) atoms. The van der Waals surface area contributed by atoms with Crippen LogP contribution in [-0.2, 0) is 15.7 Å². The van der Waals surface area contributed by atoms with Gasteiger partial charge in [-0.2, -0.15) is 0 Å². The van der Waals surface area contributed by atoms with E-state index < -0.39 is 8.07 Å². The summed E-state index contributed by atoms with van der Waals surface area (Å²) in [5.74, 6) is 0. The molecule has 0 N–H and O–H groups in total. The van der Waals surface area contributed by atoms with Crippen LogP contribution in [0.5, 0.6) is 0 Å². The Morgan fingerprint density at radius 3 is 1.97 bits per heavy atom. The molecule has 2 aromatic rings. The van der Waals surface area contributed by atoms with Crippen molar-refractivity contribution >= 4 is 20.4 Å². The molecule has 1 fully saturated rings. The number of hydrogen-bond acceptors (Lipinski definition) is 2. The Kier molecular flexibility index (Phi) is 7.90. The first-order chi connectivity index (χ1) is 15.1. The first-order valence-electron chi connectivity index (χ1n) is 12.2. The molecule has 1 unspecified atom stereocenters. The van der Waals surface area contributed by atoms with Gasteiger partial charge in [0.2, 0.25) is 0 Å². The maximum atomic E-state index is 6.62. The predicted molar refractivity (Wildman–Crippen MR) is 141 cm³/mol. The van der Waals surface area contributed by atoms with Crippen LogP contribution in [0.1, 0.15) is 59.4 Å². The van der Waals surface area contributed by atoms with Crippen LogP contribution in [0.15, 0.2) is 72.2 Å².